The van der Waals surface area contributed by atoms with Gasteiger partial charge in [0.25, 0.3) is 0 Å². The van der Waals surface area contributed by atoms with Crippen LogP contribution in [0.1, 0.15) is 19.4 Å². The van der Waals surface area contributed by atoms with Gasteiger partial charge < -0.3 is 14.8 Å². The fourth-order valence-corrected chi connectivity index (χ4v) is 1.48. The molecule has 0 aliphatic carbocycles. The first-order valence-corrected chi connectivity index (χ1v) is 5.84. The second-order valence-corrected chi connectivity index (χ2v) is 3.45. The average Bonchev–Trinajstić information content (AvgIpc) is 2.33. The second-order valence-electron chi connectivity index (χ2n) is 3.45. The fraction of sp³-hybridized carbons (Fsp3) is 0.429. The molecule has 0 unspecified atom stereocenters. The highest BCUT2D eigenvalue weighted by Crippen LogP contribution is 2.28. The first-order chi connectivity index (χ1) is 8.31. The van der Waals surface area contributed by atoms with Crippen molar-refractivity contribution in [2.45, 2.75) is 20.4 Å². The Balaban J connectivity index is 0.00000289. The summed E-state index contributed by atoms with van der Waals surface area (Å²) in [5.41, 5.74) is 1.13. The third-order valence-electron chi connectivity index (χ3n) is 2.16. The zero-order valence-electron chi connectivity index (χ0n) is 10.9. The Labute approximate surface area is 115 Å². The van der Waals surface area contributed by atoms with Crippen molar-refractivity contribution in [1.82, 2.24) is 5.32 Å². The van der Waals surface area contributed by atoms with Crippen molar-refractivity contribution in [2.75, 3.05) is 19.8 Å². The van der Waals surface area contributed by atoms with Gasteiger partial charge in [0.1, 0.15) is 0 Å². The van der Waals surface area contributed by atoms with Crippen LogP contribution >= 0.6 is 12.4 Å². The number of halogens is 1. The minimum absolute atomic E-state index is 0. The molecule has 1 aromatic carbocycles. The summed E-state index contributed by atoms with van der Waals surface area (Å²) >= 11 is 0. The minimum Gasteiger partial charge on any atom is -0.490 e. The van der Waals surface area contributed by atoms with E-state index in [2.05, 4.69) is 11.2 Å². The summed E-state index contributed by atoms with van der Waals surface area (Å²) in [5, 5.41) is 3.14. The Kier molecular flexibility index (Phi) is 8.91. The number of hydrogen-bond donors (Lipinski definition) is 1. The Morgan fingerprint density at radius 2 is 1.83 bits per heavy atom. The average molecular weight is 270 g/mol. The van der Waals surface area contributed by atoms with Crippen LogP contribution in [0.2, 0.25) is 0 Å². The molecule has 0 bridgehead atoms. The van der Waals surface area contributed by atoms with Gasteiger partial charge in [-0.2, -0.15) is 0 Å². The molecule has 0 saturated carbocycles. The van der Waals surface area contributed by atoms with Crippen molar-refractivity contribution in [3.8, 4) is 23.8 Å². The molecule has 0 spiro atoms. The maximum absolute atomic E-state index is 5.54. The van der Waals surface area contributed by atoms with Gasteiger partial charge in [0.05, 0.1) is 19.8 Å². The predicted octanol–water partition coefficient (Wildman–Crippen LogP) is 2.63. The predicted molar refractivity (Wildman–Crippen MR) is 76.6 cm³/mol. The van der Waals surface area contributed by atoms with Crippen LogP contribution in [-0.2, 0) is 6.54 Å². The molecule has 0 aliphatic rings. The first kappa shape index (κ1) is 16.6. The van der Waals surface area contributed by atoms with Crippen LogP contribution in [0.3, 0.4) is 0 Å². The van der Waals surface area contributed by atoms with Gasteiger partial charge in [-0.05, 0) is 31.5 Å². The van der Waals surface area contributed by atoms with E-state index in [1.165, 1.54) is 0 Å². The van der Waals surface area contributed by atoms with E-state index < -0.39 is 0 Å². The van der Waals surface area contributed by atoms with E-state index in [0.29, 0.717) is 19.8 Å². The zero-order valence-corrected chi connectivity index (χ0v) is 11.7. The smallest absolute Gasteiger partial charge is 0.161 e. The highest BCUT2D eigenvalue weighted by atomic mass is 35.5. The van der Waals surface area contributed by atoms with Crippen molar-refractivity contribution in [3.63, 3.8) is 0 Å². The Morgan fingerprint density at radius 1 is 1.17 bits per heavy atom. The van der Waals surface area contributed by atoms with Gasteiger partial charge in [-0.1, -0.05) is 12.0 Å². The lowest BCUT2D eigenvalue weighted by atomic mass is 10.2. The fourth-order valence-electron chi connectivity index (χ4n) is 1.48. The Morgan fingerprint density at radius 3 is 2.44 bits per heavy atom. The van der Waals surface area contributed by atoms with E-state index in [9.17, 15) is 0 Å². The van der Waals surface area contributed by atoms with Gasteiger partial charge in [-0.25, -0.2) is 0 Å². The first-order valence-electron chi connectivity index (χ1n) is 5.84. The summed E-state index contributed by atoms with van der Waals surface area (Å²) in [5.74, 6) is 4.12. The second kappa shape index (κ2) is 9.64. The summed E-state index contributed by atoms with van der Waals surface area (Å²) in [4.78, 5) is 0. The summed E-state index contributed by atoms with van der Waals surface area (Å²) in [6, 6.07) is 5.93. The van der Waals surface area contributed by atoms with Crippen LogP contribution in [0.5, 0.6) is 11.5 Å². The number of benzene rings is 1. The van der Waals surface area contributed by atoms with Gasteiger partial charge in [0.15, 0.2) is 11.5 Å². The van der Waals surface area contributed by atoms with Crippen molar-refractivity contribution in [1.29, 1.82) is 0 Å². The SMILES string of the molecule is C#CCNCc1ccc(OCC)c(OCC)c1.Cl. The number of hydrogen-bond acceptors (Lipinski definition) is 3. The van der Waals surface area contributed by atoms with Gasteiger partial charge in [0.2, 0.25) is 0 Å². The molecule has 0 atom stereocenters. The summed E-state index contributed by atoms with van der Waals surface area (Å²) in [6.07, 6.45) is 5.18. The van der Waals surface area contributed by atoms with Crippen LogP contribution in [0.25, 0.3) is 0 Å². The quantitative estimate of drug-likeness (QED) is 0.610. The molecular formula is C14H20ClNO2. The third kappa shape index (κ3) is 5.31. The molecule has 0 aromatic heterocycles. The largest absolute Gasteiger partial charge is 0.490 e. The molecule has 0 saturated heterocycles. The van der Waals surface area contributed by atoms with Crippen LogP contribution < -0.4 is 14.8 Å². The molecule has 1 aromatic rings. The highest BCUT2D eigenvalue weighted by molar-refractivity contribution is 5.85. The van der Waals surface area contributed by atoms with Crippen LogP contribution in [0.4, 0.5) is 0 Å². The molecule has 4 heteroatoms. The number of terminal acetylenes is 1. The van der Waals surface area contributed by atoms with Crippen LogP contribution in [0.15, 0.2) is 18.2 Å². The van der Waals surface area contributed by atoms with E-state index in [-0.39, 0.29) is 12.4 Å². The number of rotatable bonds is 7. The lowest BCUT2D eigenvalue weighted by Gasteiger charge is -2.12. The molecule has 3 nitrogen and oxygen atoms in total. The van der Waals surface area contributed by atoms with Crippen molar-refractivity contribution in [3.05, 3.63) is 23.8 Å². The topological polar surface area (TPSA) is 30.5 Å². The standard InChI is InChI=1S/C14H19NO2.ClH/c1-4-9-15-11-12-7-8-13(16-5-2)14(10-12)17-6-3;/h1,7-8,10,15H,5-6,9,11H2,2-3H3;1H. The Bertz CT molecular complexity index is 388. The molecule has 0 radical (unpaired) electrons. The molecule has 0 aliphatic heterocycles. The Hall–Kier alpha value is -1.37. The summed E-state index contributed by atoms with van der Waals surface area (Å²) < 4.78 is 11.0. The minimum atomic E-state index is 0. The molecular weight excluding hydrogens is 250 g/mol. The van der Waals surface area contributed by atoms with Crippen molar-refractivity contribution >= 4 is 12.4 Å². The van der Waals surface area contributed by atoms with E-state index in [4.69, 9.17) is 15.9 Å². The van der Waals surface area contributed by atoms with E-state index in [1.807, 2.05) is 32.0 Å². The van der Waals surface area contributed by atoms with Gasteiger partial charge in [0, 0.05) is 6.54 Å². The maximum atomic E-state index is 5.54. The van der Waals surface area contributed by atoms with E-state index >= 15 is 0 Å². The molecule has 0 fully saturated rings. The lowest BCUT2D eigenvalue weighted by molar-refractivity contribution is 0.287. The number of ether oxygens (including phenoxy) is 2. The van der Waals surface area contributed by atoms with Crippen molar-refractivity contribution in [2.24, 2.45) is 0 Å². The van der Waals surface area contributed by atoms with Gasteiger partial charge in [-0.15, -0.1) is 18.8 Å². The summed E-state index contributed by atoms with van der Waals surface area (Å²) in [7, 11) is 0. The lowest BCUT2D eigenvalue weighted by Crippen LogP contribution is -2.13. The van der Waals surface area contributed by atoms with E-state index in [0.717, 1.165) is 23.6 Å². The third-order valence-corrected chi connectivity index (χ3v) is 2.16. The molecule has 0 heterocycles. The van der Waals surface area contributed by atoms with Crippen molar-refractivity contribution < 1.29 is 9.47 Å². The number of nitrogens with one attached hydrogen (secondary N) is 1. The molecule has 1 N–H and O–H groups in total. The highest BCUT2D eigenvalue weighted by Gasteiger charge is 2.05. The van der Waals surface area contributed by atoms with Gasteiger partial charge in [-0.3, -0.25) is 0 Å². The molecule has 1 rings (SSSR count). The normalized spacial score (nSPS) is 9.17. The maximum Gasteiger partial charge on any atom is 0.161 e. The van der Waals surface area contributed by atoms with E-state index in [1.54, 1.807) is 0 Å². The molecule has 100 valence electrons. The van der Waals surface area contributed by atoms with Crippen LogP contribution in [0, 0.1) is 12.3 Å². The molecule has 0 amide bonds. The summed E-state index contributed by atoms with van der Waals surface area (Å²) in [6.45, 7) is 6.47. The monoisotopic (exact) mass is 269 g/mol. The zero-order chi connectivity index (χ0) is 12.5. The van der Waals surface area contributed by atoms with Crippen LogP contribution in [-0.4, -0.2) is 19.8 Å². The molecule has 18 heavy (non-hydrogen) atoms. The van der Waals surface area contributed by atoms with Gasteiger partial charge >= 0.3 is 0 Å².